The van der Waals surface area contributed by atoms with E-state index in [0.717, 1.165) is 52.4 Å². The molecule has 4 rings (SSSR count). The zero-order valence-electron chi connectivity index (χ0n) is 23.2. The van der Waals surface area contributed by atoms with Crippen molar-refractivity contribution in [3.63, 3.8) is 0 Å². The van der Waals surface area contributed by atoms with E-state index in [1.54, 1.807) is 0 Å². The number of aliphatic carboxylic acids is 1. The number of carboxylic acid groups (broad SMARTS) is 1. The van der Waals surface area contributed by atoms with Crippen molar-refractivity contribution in [3.8, 4) is 0 Å². The number of carboxylic acids is 1. The Hall–Kier alpha value is -4.47. The minimum Gasteiger partial charge on any atom is -0.486 e. The van der Waals surface area contributed by atoms with Gasteiger partial charge in [0.2, 0.25) is 0 Å². The molecule has 0 amide bonds. The molecule has 1 aliphatic rings. The predicted octanol–water partition coefficient (Wildman–Crippen LogP) is 8.24. The van der Waals surface area contributed by atoms with Crippen LogP contribution in [0.3, 0.4) is 0 Å². The van der Waals surface area contributed by atoms with Gasteiger partial charge in [-0.2, -0.15) is 0 Å². The number of nitrogens with zero attached hydrogens (tertiary/aromatic N) is 4. The molecule has 6 nitrogen and oxygen atoms in total. The van der Waals surface area contributed by atoms with Crippen molar-refractivity contribution in [3.05, 3.63) is 118 Å². The molecule has 0 atom stereocenters. The highest BCUT2D eigenvalue weighted by atomic mass is 35.5. The fourth-order valence-corrected chi connectivity index (χ4v) is 4.94. The molecule has 0 aliphatic heterocycles. The fraction of sp³-hybridized carbons (Fsp3) is 0.212. The Kier molecular flexibility index (Phi) is 8.98. The minimum atomic E-state index is -1.24. The second kappa shape index (κ2) is 12.6. The van der Waals surface area contributed by atoms with Crippen molar-refractivity contribution in [1.82, 2.24) is 0 Å². The molecular formula is C33H33ClN4O2. The van der Waals surface area contributed by atoms with Crippen LogP contribution in [0, 0.1) is 6.57 Å². The summed E-state index contributed by atoms with van der Waals surface area (Å²) in [7, 11) is 8.12. The van der Waals surface area contributed by atoms with Gasteiger partial charge in [0.1, 0.15) is 0 Å². The van der Waals surface area contributed by atoms with E-state index < -0.39 is 5.97 Å². The zero-order valence-corrected chi connectivity index (χ0v) is 24.0. The van der Waals surface area contributed by atoms with Crippen molar-refractivity contribution >= 4 is 52.1 Å². The normalized spacial score (nSPS) is 14.6. The molecule has 0 spiro atoms. The smallest absolute Gasteiger partial charge is 0.333 e. The molecule has 0 radical (unpaired) electrons. The lowest BCUT2D eigenvalue weighted by Gasteiger charge is -2.27. The highest BCUT2D eigenvalue weighted by molar-refractivity contribution is 6.33. The van der Waals surface area contributed by atoms with E-state index in [1.165, 1.54) is 6.08 Å². The van der Waals surface area contributed by atoms with Crippen molar-refractivity contribution in [2.75, 3.05) is 42.9 Å². The molecule has 204 valence electrons. The quantitative estimate of drug-likeness (QED) is 0.225. The van der Waals surface area contributed by atoms with Gasteiger partial charge in [-0.25, -0.2) is 4.85 Å². The standard InChI is InChI=1S/C33H33ClN4O2/c1-35-31(33(39)40)22-25-8-6-7-24(32(25)34)21-23-9-11-28(12-10-23)38(29-17-13-26(14-18-29)36(2)3)30-19-15-27(16-20-30)37(4)5/h9-22H,6-8H2,2-5H3,(H,39,40)/b24-21+,31-22-. The van der Waals surface area contributed by atoms with Crippen molar-refractivity contribution in [2.24, 2.45) is 0 Å². The summed E-state index contributed by atoms with van der Waals surface area (Å²) in [6, 6.07) is 25.3. The molecule has 0 aromatic heterocycles. The summed E-state index contributed by atoms with van der Waals surface area (Å²) in [5, 5.41) is 9.76. The molecule has 1 aliphatic carbocycles. The monoisotopic (exact) mass is 552 g/mol. The van der Waals surface area contributed by atoms with Crippen LogP contribution in [-0.4, -0.2) is 39.3 Å². The lowest BCUT2D eigenvalue weighted by Crippen LogP contribution is -2.12. The zero-order chi connectivity index (χ0) is 28.8. The molecule has 7 heteroatoms. The third-order valence-electron chi connectivity index (χ3n) is 6.85. The molecule has 40 heavy (non-hydrogen) atoms. The van der Waals surface area contributed by atoms with Gasteiger partial charge in [-0.05, 0) is 103 Å². The minimum absolute atomic E-state index is 0.323. The van der Waals surface area contributed by atoms with E-state index >= 15 is 0 Å². The summed E-state index contributed by atoms with van der Waals surface area (Å²) in [4.78, 5) is 20.8. The Morgan fingerprint density at radius 2 is 1.25 bits per heavy atom. The molecule has 0 bridgehead atoms. The summed E-state index contributed by atoms with van der Waals surface area (Å²) >= 11 is 6.67. The first-order chi connectivity index (χ1) is 19.2. The van der Waals surface area contributed by atoms with Crippen molar-refractivity contribution < 1.29 is 9.90 Å². The van der Waals surface area contributed by atoms with Gasteiger partial charge >= 0.3 is 5.97 Å². The van der Waals surface area contributed by atoms with Gasteiger partial charge in [0.05, 0.1) is 6.57 Å². The number of benzene rings is 3. The first-order valence-electron chi connectivity index (χ1n) is 13.0. The first-order valence-corrected chi connectivity index (χ1v) is 13.4. The molecule has 0 heterocycles. The van der Waals surface area contributed by atoms with Gasteiger partial charge in [0.15, 0.2) is 0 Å². The van der Waals surface area contributed by atoms with Crippen LogP contribution in [0.2, 0.25) is 0 Å². The molecule has 3 aromatic carbocycles. The van der Waals surface area contributed by atoms with Crippen LogP contribution in [0.1, 0.15) is 24.8 Å². The fourth-order valence-electron chi connectivity index (χ4n) is 4.64. The SMILES string of the molecule is [C-]#[N+]/C(=C\C1=C(Cl)C(=C/c2ccc(N(c3ccc(N(C)C)cc3)c3ccc(N(C)C)cc3)cc2)/CCC1)C(=O)O. The van der Waals surface area contributed by atoms with Crippen molar-refractivity contribution in [1.29, 1.82) is 0 Å². The Bertz CT molecular complexity index is 1440. The molecular weight excluding hydrogens is 520 g/mol. The van der Waals surface area contributed by atoms with Crippen LogP contribution in [0.4, 0.5) is 28.4 Å². The van der Waals surface area contributed by atoms with Crippen LogP contribution in [0.15, 0.2) is 101 Å². The van der Waals surface area contributed by atoms with Gasteiger partial charge in [0.25, 0.3) is 5.70 Å². The lowest BCUT2D eigenvalue weighted by molar-refractivity contribution is -0.132. The Morgan fingerprint density at radius 3 is 1.68 bits per heavy atom. The van der Waals surface area contributed by atoms with Crippen LogP contribution >= 0.6 is 11.6 Å². The van der Waals surface area contributed by atoms with Crippen LogP contribution in [0.5, 0.6) is 0 Å². The van der Waals surface area contributed by atoms with E-state index in [1.807, 2.05) is 34.3 Å². The van der Waals surface area contributed by atoms with Crippen LogP contribution in [-0.2, 0) is 4.79 Å². The average molecular weight is 553 g/mol. The van der Waals surface area contributed by atoms with E-state index in [-0.39, 0.29) is 5.70 Å². The summed E-state index contributed by atoms with van der Waals surface area (Å²) in [6.07, 6.45) is 5.72. The number of rotatable bonds is 8. The number of hydrogen-bond donors (Lipinski definition) is 1. The van der Waals surface area contributed by atoms with Crippen molar-refractivity contribution in [2.45, 2.75) is 19.3 Å². The van der Waals surface area contributed by atoms with Crippen LogP contribution in [0.25, 0.3) is 10.9 Å². The Balaban J connectivity index is 1.69. The van der Waals surface area contributed by atoms with E-state index in [2.05, 4.69) is 92.3 Å². The number of halogens is 1. The first kappa shape index (κ1) is 28.5. The number of hydrogen-bond acceptors (Lipinski definition) is 4. The summed E-state index contributed by atoms with van der Waals surface area (Å²) < 4.78 is 0. The number of anilines is 5. The third-order valence-corrected chi connectivity index (χ3v) is 7.33. The summed E-state index contributed by atoms with van der Waals surface area (Å²) in [6.45, 7) is 7.13. The molecule has 0 fully saturated rings. The third kappa shape index (κ3) is 6.56. The highest BCUT2D eigenvalue weighted by Crippen LogP contribution is 2.38. The average Bonchev–Trinajstić information content (AvgIpc) is 2.95. The lowest BCUT2D eigenvalue weighted by atomic mass is 9.93. The topological polar surface area (TPSA) is 51.4 Å². The molecule has 3 aromatic rings. The Labute approximate surface area is 241 Å². The maximum Gasteiger partial charge on any atom is 0.333 e. The number of carbonyl (C=O) groups is 1. The summed E-state index contributed by atoms with van der Waals surface area (Å²) in [5.41, 5.74) is 7.70. The van der Waals surface area contributed by atoms with Gasteiger partial charge in [0, 0.05) is 61.7 Å². The predicted molar refractivity (Wildman–Crippen MR) is 167 cm³/mol. The second-order valence-electron chi connectivity index (χ2n) is 10.1. The van der Waals surface area contributed by atoms with Gasteiger partial charge in [-0.15, -0.1) is 0 Å². The Morgan fingerprint density at radius 1 is 0.800 bits per heavy atom. The largest absolute Gasteiger partial charge is 0.486 e. The van der Waals surface area contributed by atoms with Crippen LogP contribution < -0.4 is 14.7 Å². The molecule has 0 unspecified atom stereocenters. The maximum atomic E-state index is 11.3. The molecule has 0 saturated heterocycles. The number of allylic oxidation sites excluding steroid dienone is 4. The highest BCUT2D eigenvalue weighted by Gasteiger charge is 2.18. The van der Waals surface area contributed by atoms with Gasteiger partial charge < -0.3 is 19.8 Å². The molecule has 0 saturated carbocycles. The summed E-state index contributed by atoms with van der Waals surface area (Å²) in [5.74, 6) is -1.24. The van der Waals surface area contributed by atoms with E-state index in [9.17, 15) is 9.90 Å². The molecule has 1 N–H and O–H groups in total. The van der Waals surface area contributed by atoms with E-state index in [0.29, 0.717) is 17.0 Å². The van der Waals surface area contributed by atoms with Gasteiger partial charge in [-0.3, -0.25) is 4.79 Å². The maximum absolute atomic E-state index is 11.3. The second-order valence-corrected chi connectivity index (χ2v) is 10.4. The van der Waals surface area contributed by atoms with Gasteiger partial charge in [-0.1, -0.05) is 29.8 Å². The van der Waals surface area contributed by atoms with E-state index in [4.69, 9.17) is 18.2 Å².